The molecule has 0 unspecified atom stereocenters. The summed E-state index contributed by atoms with van der Waals surface area (Å²) in [5.41, 5.74) is 0.171. The monoisotopic (exact) mass is 383 g/mol. The molecule has 1 atom stereocenters. The summed E-state index contributed by atoms with van der Waals surface area (Å²) >= 11 is 0. The van der Waals surface area contributed by atoms with E-state index in [-0.39, 0.29) is 17.3 Å². The highest BCUT2D eigenvalue weighted by Crippen LogP contribution is 2.35. The highest BCUT2D eigenvalue weighted by Gasteiger charge is 2.35. The van der Waals surface area contributed by atoms with Crippen molar-refractivity contribution in [1.29, 1.82) is 5.26 Å². The van der Waals surface area contributed by atoms with Crippen molar-refractivity contribution in [3.63, 3.8) is 0 Å². The Hall–Kier alpha value is -3.34. The van der Waals surface area contributed by atoms with Crippen LogP contribution in [0.25, 0.3) is 5.69 Å². The van der Waals surface area contributed by atoms with Crippen molar-refractivity contribution in [2.45, 2.75) is 18.5 Å². The normalized spacial score (nSPS) is 16.9. The van der Waals surface area contributed by atoms with Gasteiger partial charge in [-0.15, -0.1) is 15.0 Å². The molecular formula is C20H16F3N5. The van der Waals surface area contributed by atoms with E-state index in [9.17, 15) is 18.4 Å². The molecule has 0 aliphatic carbocycles. The summed E-state index contributed by atoms with van der Waals surface area (Å²) in [6, 6.07) is 17.0. The van der Waals surface area contributed by atoms with E-state index in [0.29, 0.717) is 18.9 Å². The van der Waals surface area contributed by atoms with E-state index in [1.54, 1.807) is 0 Å². The molecule has 4 rings (SSSR count). The Kier molecular flexibility index (Phi) is 4.51. The standard InChI is InChI=1S/C20H16F3N5/c21-20(22,23)16-8-4-5-9-18(16)28-25-17(12-24)19(26-28)27-11-10-15(13-27)14-6-2-1-3-7-14/h1-9,15H,10-11,13H2/t15-/m0/s1. The molecule has 0 saturated carbocycles. The first-order chi connectivity index (χ1) is 13.5. The Morgan fingerprint density at radius 3 is 2.43 bits per heavy atom. The minimum atomic E-state index is -4.54. The first-order valence-corrected chi connectivity index (χ1v) is 8.81. The van der Waals surface area contributed by atoms with Gasteiger partial charge < -0.3 is 4.90 Å². The van der Waals surface area contributed by atoms with Crippen LogP contribution < -0.4 is 4.90 Å². The maximum atomic E-state index is 13.3. The van der Waals surface area contributed by atoms with E-state index in [2.05, 4.69) is 22.3 Å². The van der Waals surface area contributed by atoms with Gasteiger partial charge in [0, 0.05) is 19.0 Å². The smallest absolute Gasteiger partial charge is 0.352 e. The molecule has 0 radical (unpaired) electrons. The first-order valence-electron chi connectivity index (χ1n) is 8.81. The van der Waals surface area contributed by atoms with Crippen LogP contribution in [-0.4, -0.2) is 28.1 Å². The van der Waals surface area contributed by atoms with Crippen molar-refractivity contribution in [3.05, 3.63) is 71.4 Å². The number of para-hydroxylation sites is 1. The molecule has 1 aliphatic heterocycles. The summed E-state index contributed by atoms with van der Waals surface area (Å²) in [6.45, 7) is 1.30. The number of rotatable bonds is 3. The zero-order valence-electron chi connectivity index (χ0n) is 14.8. The molecule has 1 aliphatic rings. The Labute approximate surface area is 159 Å². The maximum Gasteiger partial charge on any atom is 0.418 e. The van der Waals surface area contributed by atoms with E-state index < -0.39 is 11.7 Å². The molecule has 3 aromatic rings. The number of alkyl halides is 3. The topological polar surface area (TPSA) is 57.7 Å². The van der Waals surface area contributed by atoms with E-state index in [1.165, 1.54) is 23.8 Å². The second-order valence-electron chi connectivity index (χ2n) is 6.63. The van der Waals surface area contributed by atoms with Crippen molar-refractivity contribution >= 4 is 5.82 Å². The van der Waals surface area contributed by atoms with Gasteiger partial charge in [0.15, 0.2) is 5.82 Å². The minimum absolute atomic E-state index is 0.0192. The van der Waals surface area contributed by atoms with E-state index in [0.717, 1.165) is 17.3 Å². The molecule has 28 heavy (non-hydrogen) atoms. The van der Waals surface area contributed by atoms with Crippen molar-refractivity contribution in [2.75, 3.05) is 18.0 Å². The second-order valence-corrected chi connectivity index (χ2v) is 6.63. The van der Waals surface area contributed by atoms with Gasteiger partial charge in [0.05, 0.1) is 11.3 Å². The van der Waals surface area contributed by atoms with Crippen LogP contribution in [0.3, 0.4) is 0 Å². The molecule has 1 fully saturated rings. The highest BCUT2D eigenvalue weighted by atomic mass is 19.4. The van der Waals surface area contributed by atoms with Crippen LogP contribution in [0.5, 0.6) is 0 Å². The summed E-state index contributed by atoms with van der Waals surface area (Å²) in [7, 11) is 0. The van der Waals surface area contributed by atoms with Gasteiger partial charge in [-0.1, -0.05) is 42.5 Å². The molecule has 8 heteroatoms. The minimum Gasteiger partial charge on any atom is -0.352 e. The van der Waals surface area contributed by atoms with Crippen molar-refractivity contribution in [2.24, 2.45) is 0 Å². The number of nitriles is 1. The fourth-order valence-corrected chi connectivity index (χ4v) is 3.53. The summed E-state index contributed by atoms with van der Waals surface area (Å²) in [4.78, 5) is 2.82. The van der Waals surface area contributed by atoms with Crippen LogP contribution in [0.15, 0.2) is 54.6 Å². The molecule has 142 valence electrons. The average molecular weight is 383 g/mol. The zero-order chi connectivity index (χ0) is 19.7. The third-order valence-corrected chi connectivity index (χ3v) is 4.89. The van der Waals surface area contributed by atoms with Gasteiger partial charge in [-0.05, 0) is 24.1 Å². The van der Waals surface area contributed by atoms with Crippen molar-refractivity contribution < 1.29 is 13.2 Å². The molecule has 0 spiro atoms. The summed E-state index contributed by atoms with van der Waals surface area (Å²) in [6.07, 6.45) is -3.66. The van der Waals surface area contributed by atoms with Gasteiger partial charge in [0.1, 0.15) is 6.07 Å². The molecule has 0 amide bonds. The fourth-order valence-electron chi connectivity index (χ4n) is 3.53. The summed E-state index contributed by atoms with van der Waals surface area (Å²) in [5.74, 6) is 0.596. The van der Waals surface area contributed by atoms with Crippen LogP contribution >= 0.6 is 0 Å². The number of hydrogen-bond acceptors (Lipinski definition) is 4. The number of halogens is 3. The molecule has 2 aromatic carbocycles. The molecule has 0 N–H and O–H groups in total. The van der Waals surface area contributed by atoms with E-state index in [4.69, 9.17) is 0 Å². The van der Waals surface area contributed by atoms with Crippen LogP contribution in [-0.2, 0) is 6.18 Å². The lowest BCUT2D eigenvalue weighted by molar-refractivity contribution is -0.137. The van der Waals surface area contributed by atoms with Gasteiger partial charge in [0.25, 0.3) is 0 Å². The molecule has 2 heterocycles. The van der Waals surface area contributed by atoms with Crippen molar-refractivity contribution in [3.8, 4) is 11.8 Å². The molecule has 5 nitrogen and oxygen atoms in total. The third-order valence-electron chi connectivity index (χ3n) is 4.89. The number of aromatic nitrogens is 3. The molecule has 1 aromatic heterocycles. The Morgan fingerprint density at radius 1 is 1.00 bits per heavy atom. The van der Waals surface area contributed by atoms with Gasteiger partial charge in [-0.2, -0.15) is 18.4 Å². The fraction of sp³-hybridized carbons (Fsp3) is 0.250. The summed E-state index contributed by atoms with van der Waals surface area (Å²) in [5, 5.41) is 17.7. The van der Waals surface area contributed by atoms with E-state index in [1.807, 2.05) is 29.2 Å². The number of hydrogen-bond donors (Lipinski definition) is 0. The number of benzene rings is 2. The third kappa shape index (κ3) is 3.31. The van der Waals surface area contributed by atoms with Crippen LogP contribution in [0.1, 0.15) is 29.2 Å². The average Bonchev–Trinajstić information content (AvgIpc) is 3.35. The van der Waals surface area contributed by atoms with Crippen molar-refractivity contribution in [1.82, 2.24) is 15.0 Å². The van der Waals surface area contributed by atoms with E-state index >= 15 is 0 Å². The predicted octanol–water partition coefficient (Wildman–Crippen LogP) is 4.15. The van der Waals surface area contributed by atoms with Gasteiger partial charge >= 0.3 is 6.18 Å². The first kappa shape index (κ1) is 18.0. The molecule has 1 saturated heterocycles. The Bertz CT molecular complexity index is 1020. The Morgan fingerprint density at radius 2 is 1.71 bits per heavy atom. The van der Waals surface area contributed by atoms with Crippen LogP contribution in [0.2, 0.25) is 0 Å². The Balaban J connectivity index is 1.67. The lowest BCUT2D eigenvalue weighted by Crippen LogP contribution is -2.21. The van der Waals surface area contributed by atoms with Gasteiger partial charge in [-0.3, -0.25) is 0 Å². The SMILES string of the molecule is N#Cc1nn(-c2ccccc2C(F)(F)F)nc1N1CC[C@H](c2ccccc2)C1. The highest BCUT2D eigenvalue weighted by molar-refractivity contribution is 5.52. The van der Waals surface area contributed by atoms with Gasteiger partial charge in [-0.25, -0.2) is 0 Å². The number of nitrogens with zero attached hydrogens (tertiary/aromatic N) is 5. The van der Waals surface area contributed by atoms with Crippen LogP contribution in [0.4, 0.5) is 19.0 Å². The summed E-state index contributed by atoms with van der Waals surface area (Å²) < 4.78 is 40.0. The maximum absolute atomic E-state index is 13.3. The molecule has 0 bridgehead atoms. The predicted molar refractivity (Wildman–Crippen MR) is 97.1 cm³/mol. The lowest BCUT2D eigenvalue weighted by atomic mass is 9.99. The van der Waals surface area contributed by atoms with Crippen LogP contribution in [0, 0.1) is 11.3 Å². The quantitative estimate of drug-likeness (QED) is 0.682. The zero-order valence-corrected chi connectivity index (χ0v) is 14.8. The lowest BCUT2D eigenvalue weighted by Gasteiger charge is -2.15. The second kappa shape index (κ2) is 7.00. The largest absolute Gasteiger partial charge is 0.418 e. The molecular weight excluding hydrogens is 367 g/mol. The van der Waals surface area contributed by atoms with Gasteiger partial charge in [0.2, 0.25) is 5.69 Å². The number of anilines is 1.